The minimum absolute atomic E-state index is 0.128. The van der Waals surface area contributed by atoms with E-state index in [2.05, 4.69) is 34.1 Å². The smallest absolute Gasteiger partial charge is 0.143 e. The van der Waals surface area contributed by atoms with Gasteiger partial charge in [0.2, 0.25) is 0 Å². The standard InChI is InChI=1S/C15H22N4O/c1-8-9(2)16-14-13(8)15(18-10(3)17-14)19-11-4-6-12(20)7-5-11/h11-12,20H,4-7H2,1-3H3,(H2,16,17,18,19). The molecule has 0 unspecified atom stereocenters. The van der Waals surface area contributed by atoms with Gasteiger partial charge in [0.15, 0.2) is 0 Å². The van der Waals surface area contributed by atoms with E-state index in [9.17, 15) is 5.11 Å². The fourth-order valence-corrected chi connectivity index (χ4v) is 3.00. The van der Waals surface area contributed by atoms with Crippen molar-refractivity contribution in [2.45, 2.75) is 58.6 Å². The summed E-state index contributed by atoms with van der Waals surface area (Å²) >= 11 is 0. The van der Waals surface area contributed by atoms with Gasteiger partial charge in [0.05, 0.1) is 11.5 Å². The molecule has 0 atom stereocenters. The van der Waals surface area contributed by atoms with Crippen LogP contribution in [-0.4, -0.2) is 32.2 Å². The van der Waals surface area contributed by atoms with Gasteiger partial charge in [0.1, 0.15) is 17.3 Å². The summed E-state index contributed by atoms with van der Waals surface area (Å²) in [5.74, 6) is 1.70. The summed E-state index contributed by atoms with van der Waals surface area (Å²) in [6, 6.07) is 0.394. The summed E-state index contributed by atoms with van der Waals surface area (Å²) in [4.78, 5) is 12.4. The van der Waals surface area contributed by atoms with E-state index in [-0.39, 0.29) is 6.10 Å². The molecule has 1 saturated carbocycles. The first-order valence-electron chi connectivity index (χ1n) is 7.32. The molecule has 5 nitrogen and oxygen atoms in total. The van der Waals surface area contributed by atoms with Crippen LogP contribution in [0.15, 0.2) is 0 Å². The maximum atomic E-state index is 9.60. The fourth-order valence-electron chi connectivity index (χ4n) is 3.00. The van der Waals surface area contributed by atoms with Gasteiger partial charge in [-0.25, -0.2) is 9.97 Å². The van der Waals surface area contributed by atoms with Crippen molar-refractivity contribution in [2.75, 3.05) is 5.32 Å². The molecular formula is C15H22N4O. The lowest BCUT2D eigenvalue weighted by atomic mass is 9.93. The summed E-state index contributed by atoms with van der Waals surface area (Å²) < 4.78 is 0. The van der Waals surface area contributed by atoms with E-state index >= 15 is 0 Å². The third-order valence-corrected chi connectivity index (χ3v) is 4.30. The second-order valence-electron chi connectivity index (χ2n) is 5.87. The van der Waals surface area contributed by atoms with Crippen molar-refractivity contribution in [1.29, 1.82) is 0 Å². The lowest BCUT2D eigenvalue weighted by Crippen LogP contribution is -2.28. The number of rotatable bonds is 2. The second-order valence-corrected chi connectivity index (χ2v) is 5.87. The van der Waals surface area contributed by atoms with E-state index in [1.165, 1.54) is 5.56 Å². The molecule has 5 heteroatoms. The Morgan fingerprint density at radius 3 is 2.50 bits per heavy atom. The number of hydrogen-bond donors (Lipinski definition) is 3. The molecule has 2 aromatic rings. The van der Waals surface area contributed by atoms with E-state index < -0.39 is 0 Å². The van der Waals surface area contributed by atoms with Crippen LogP contribution in [0.25, 0.3) is 11.0 Å². The predicted octanol–water partition coefficient (Wildman–Crippen LogP) is 2.60. The van der Waals surface area contributed by atoms with Crippen LogP contribution in [-0.2, 0) is 0 Å². The summed E-state index contributed by atoms with van der Waals surface area (Å²) in [6.45, 7) is 6.08. The highest BCUT2D eigenvalue weighted by Crippen LogP contribution is 2.29. The van der Waals surface area contributed by atoms with Crippen molar-refractivity contribution in [3.63, 3.8) is 0 Å². The lowest BCUT2D eigenvalue weighted by molar-refractivity contribution is 0.126. The first-order chi connectivity index (χ1) is 9.54. The zero-order valence-corrected chi connectivity index (χ0v) is 12.3. The molecule has 20 heavy (non-hydrogen) atoms. The molecule has 1 aliphatic rings. The molecule has 0 spiro atoms. The van der Waals surface area contributed by atoms with Gasteiger partial charge in [-0.2, -0.15) is 0 Å². The lowest BCUT2D eigenvalue weighted by Gasteiger charge is -2.27. The monoisotopic (exact) mass is 274 g/mol. The van der Waals surface area contributed by atoms with Crippen molar-refractivity contribution in [3.8, 4) is 0 Å². The van der Waals surface area contributed by atoms with Crippen molar-refractivity contribution in [2.24, 2.45) is 0 Å². The molecule has 2 aromatic heterocycles. The fraction of sp³-hybridized carbons (Fsp3) is 0.600. The normalized spacial score (nSPS) is 23.2. The van der Waals surface area contributed by atoms with Crippen molar-refractivity contribution in [3.05, 3.63) is 17.1 Å². The van der Waals surface area contributed by atoms with Gasteiger partial charge < -0.3 is 15.4 Å². The van der Waals surface area contributed by atoms with Crippen LogP contribution in [0, 0.1) is 20.8 Å². The van der Waals surface area contributed by atoms with Crippen LogP contribution in [0.3, 0.4) is 0 Å². The number of aromatic amines is 1. The molecule has 1 aliphatic carbocycles. The Hall–Kier alpha value is -1.62. The number of hydrogen-bond acceptors (Lipinski definition) is 4. The predicted molar refractivity (Wildman–Crippen MR) is 80.0 cm³/mol. The highest BCUT2D eigenvalue weighted by molar-refractivity contribution is 5.91. The summed E-state index contributed by atoms with van der Waals surface area (Å²) in [7, 11) is 0. The van der Waals surface area contributed by atoms with Crippen LogP contribution in [0.2, 0.25) is 0 Å². The number of nitrogens with one attached hydrogen (secondary N) is 2. The maximum Gasteiger partial charge on any atom is 0.143 e. The Morgan fingerprint density at radius 1 is 1.10 bits per heavy atom. The molecule has 0 saturated heterocycles. The average Bonchev–Trinajstić information content (AvgIpc) is 2.67. The minimum atomic E-state index is -0.128. The highest BCUT2D eigenvalue weighted by atomic mass is 16.3. The molecule has 0 radical (unpaired) electrons. The van der Waals surface area contributed by atoms with Gasteiger partial charge in [0, 0.05) is 11.7 Å². The van der Waals surface area contributed by atoms with E-state index in [4.69, 9.17) is 0 Å². The molecule has 0 bridgehead atoms. The number of aliphatic hydroxyl groups is 1. The number of aryl methyl sites for hydroxylation is 3. The molecule has 0 aromatic carbocycles. The van der Waals surface area contributed by atoms with Gasteiger partial charge in [0.25, 0.3) is 0 Å². The quantitative estimate of drug-likeness (QED) is 0.787. The van der Waals surface area contributed by atoms with E-state index in [0.29, 0.717) is 6.04 Å². The number of aromatic nitrogens is 3. The Balaban J connectivity index is 1.94. The Labute approximate surface area is 118 Å². The van der Waals surface area contributed by atoms with Gasteiger partial charge in [-0.3, -0.25) is 0 Å². The second kappa shape index (κ2) is 5.05. The van der Waals surface area contributed by atoms with E-state index in [1.54, 1.807) is 0 Å². The molecule has 0 amide bonds. The van der Waals surface area contributed by atoms with E-state index in [0.717, 1.165) is 54.1 Å². The molecule has 2 heterocycles. The number of anilines is 1. The largest absolute Gasteiger partial charge is 0.393 e. The Bertz CT molecular complexity index is 626. The minimum Gasteiger partial charge on any atom is -0.393 e. The first kappa shape index (κ1) is 13.4. The topological polar surface area (TPSA) is 73.8 Å². The summed E-state index contributed by atoms with van der Waals surface area (Å²) in [5, 5.41) is 14.3. The molecular weight excluding hydrogens is 252 g/mol. The molecule has 0 aliphatic heterocycles. The van der Waals surface area contributed by atoms with E-state index in [1.807, 2.05) is 6.92 Å². The van der Waals surface area contributed by atoms with Crippen LogP contribution >= 0.6 is 0 Å². The zero-order chi connectivity index (χ0) is 14.3. The van der Waals surface area contributed by atoms with Gasteiger partial charge in [-0.05, 0) is 52.0 Å². The SMILES string of the molecule is Cc1nc(NC2CCC(O)CC2)c2c(C)c(C)[nH]c2n1. The number of H-pyrrole nitrogens is 1. The molecule has 108 valence electrons. The summed E-state index contributed by atoms with van der Waals surface area (Å²) in [5.41, 5.74) is 3.26. The van der Waals surface area contributed by atoms with Crippen LogP contribution < -0.4 is 5.32 Å². The van der Waals surface area contributed by atoms with Crippen molar-refractivity contribution in [1.82, 2.24) is 15.0 Å². The van der Waals surface area contributed by atoms with Gasteiger partial charge in [-0.15, -0.1) is 0 Å². The molecule has 3 rings (SSSR count). The van der Waals surface area contributed by atoms with Crippen molar-refractivity contribution < 1.29 is 5.11 Å². The number of fused-ring (bicyclic) bond motifs is 1. The van der Waals surface area contributed by atoms with Crippen molar-refractivity contribution >= 4 is 16.9 Å². The van der Waals surface area contributed by atoms with Gasteiger partial charge >= 0.3 is 0 Å². The third kappa shape index (κ3) is 2.38. The van der Waals surface area contributed by atoms with Crippen LogP contribution in [0.1, 0.15) is 42.8 Å². The molecule has 3 N–H and O–H groups in total. The Morgan fingerprint density at radius 2 is 1.80 bits per heavy atom. The van der Waals surface area contributed by atoms with Gasteiger partial charge in [-0.1, -0.05) is 0 Å². The average molecular weight is 274 g/mol. The first-order valence-corrected chi connectivity index (χ1v) is 7.32. The molecule has 1 fully saturated rings. The van der Waals surface area contributed by atoms with Crippen LogP contribution in [0.5, 0.6) is 0 Å². The number of aliphatic hydroxyl groups excluding tert-OH is 1. The summed E-state index contributed by atoms with van der Waals surface area (Å²) in [6.07, 6.45) is 3.60. The Kier molecular flexibility index (Phi) is 3.38. The van der Waals surface area contributed by atoms with Crippen LogP contribution in [0.4, 0.5) is 5.82 Å². The number of nitrogens with zero attached hydrogens (tertiary/aromatic N) is 2. The third-order valence-electron chi connectivity index (χ3n) is 4.30. The maximum absolute atomic E-state index is 9.60. The highest BCUT2D eigenvalue weighted by Gasteiger charge is 2.21. The zero-order valence-electron chi connectivity index (χ0n) is 12.3.